The van der Waals surface area contributed by atoms with E-state index in [0.29, 0.717) is 27.8 Å². The molecule has 11 rings (SSSR count). The fraction of sp³-hybridized carbons (Fsp3) is 0.419. The first-order valence-electron chi connectivity index (χ1n) is 19.4. The quantitative estimate of drug-likeness (QED) is 0.219. The minimum Gasteiger partial charge on any atom is -0.504 e. The topological polar surface area (TPSA) is 218 Å². The number of benzene rings is 3. The molecule has 6 aliphatic heterocycles. The molecule has 3 aromatic carbocycles. The first kappa shape index (κ1) is 41.5. The number of rotatable bonds is 6. The van der Waals surface area contributed by atoms with Crippen molar-refractivity contribution in [1.82, 2.24) is 4.90 Å². The average molecular weight is 848 g/mol. The third kappa shape index (κ3) is 7.05. The number of likely N-dealkylation sites (N-methyl/N-ethyl adjacent to an activating group) is 1. The number of phenols is 1. The number of aliphatic hydroxyl groups excluding tert-OH is 2. The van der Waals surface area contributed by atoms with Crippen LogP contribution in [0.2, 0.25) is 5.02 Å². The van der Waals surface area contributed by atoms with Gasteiger partial charge in [0.05, 0.1) is 41.4 Å². The lowest BCUT2D eigenvalue weighted by Gasteiger charge is -2.51. The molecule has 16 nitrogen and oxygen atoms in total. The van der Waals surface area contributed by atoms with Gasteiger partial charge in [-0.05, 0) is 87.5 Å². The number of carbonyl (C=O) groups is 3. The molecule has 17 heteroatoms. The maximum Gasteiger partial charge on any atom is 0.341 e. The third-order valence-electron chi connectivity index (χ3n) is 11.6. The number of aliphatic hydroxyl groups is 2. The van der Waals surface area contributed by atoms with E-state index in [9.17, 15) is 29.7 Å². The van der Waals surface area contributed by atoms with Crippen LogP contribution in [0.4, 0.5) is 5.69 Å². The number of carbonyl (C=O) groups excluding carboxylic acids is 3. The summed E-state index contributed by atoms with van der Waals surface area (Å²) in [6.07, 6.45) is -2.38. The smallest absolute Gasteiger partial charge is 0.341 e. The molecule has 0 saturated carbocycles. The molecule has 0 aromatic heterocycles. The fourth-order valence-corrected chi connectivity index (χ4v) is 9.02. The molecule has 1 saturated heterocycles. The van der Waals surface area contributed by atoms with Gasteiger partial charge in [0.2, 0.25) is 0 Å². The Labute approximate surface area is 350 Å². The van der Waals surface area contributed by atoms with Crippen LogP contribution in [-0.2, 0) is 28.5 Å². The van der Waals surface area contributed by atoms with Gasteiger partial charge in [0.1, 0.15) is 30.3 Å². The maximum absolute atomic E-state index is 14.2. The largest absolute Gasteiger partial charge is 0.504 e. The Morgan fingerprint density at radius 2 is 1.82 bits per heavy atom. The van der Waals surface area contributed by atoms with E-state index >= 15 is 0 Å². The first-order valence-corrected chi connectivity index (χ1v) is 19.7. The number of allylic oxidation sites excluding steroid dienone is 2. The molecule has 0 radical (unpaired) electrons. The number of methoxy groups -OCH3 is 1. The number of ether oxygens (including phenoxy) is 7. The predicted molar refractivity (Wildman–Crippen MR) is 215 cm³/mol. The summed E-state index contributed by atoms with van der Waals surface area (Å²) in [4.78, 5) is 41.9. The van der Waals surface area contributed by atoms with Crippen LogP contribution in [-0.4, -0.2) is 108 Å². The molecule has 1 fully saturated rings. The number of nitrogens with zero attached hydrogens (tertiary/aromatic N) is 1. The van der Waals surface area contributed by atoms with Crippen molar-refractivity contribution in [3.63, 3.8) is 0 Å². The number of anilines is 1. The van der Waals surface area contributed by atoms with Gasteiger partial charge in [-0.2, -0.15) is 0 Å². The Hall–Kier alpha value is -5.20. The number of nitrogens with one attached hydrogen (secondary N) is 1. The van der Waals surface area contributed by atoms with Crippen LogP contribution in [0.1, 0.15) is 78.1 Å². The molecule has 8 aliphatic rings. The summed E-state index contributed by atoms with van der Waals surface area (Å²) in [6, 6.07) is 9.31. The van der Waals surface area contributed by atoms with E-state index in [1.54, 1.807) is 76.2 Å². The molecule has 318 valence electrons. The SMILES string of the molecule is COc1cc2c(c(C(=O)OC3COC(=O)CC(N)c4cc(O)c(c(Cl)c4)OC4c5ccc3cc5C3=CC=CC34OC3OC(C)(C)C(N(C)C)C(O)C3O)c1)NC(=O)C(C)O2. The zero-order valence-electron chi connectivity index (χ0n) is 33.6. The second-order valence-corrected chi connectivity index (χ2v) is 16.6. The van der Waals surface area contributed by atoms with Crippen LogP contribution in [0.5, 0.6) is 23.0 Å². The normalized spacial score (nSPS) is 30.1. The number of esters is 2. The van der Waals surface area contributed by atoms with Gasteiger partial charge in [0.15, 0.2) is 41.7 Å². The first-order chi connectivity index (χ1) is 28.4. The Balaban J connectivity index is 1.23. The van der Waals surface area contributed by atoms with Crippen molar-refractivity contribution in [2.75, 3.05) is 33.1 Å². The van der Waals surface area contributed by atoms with Crippen LogP contribution in [0, 0.1) is 0 Å². The summed E-state index contributed by atoms with van der Waals surface area (Å²) < 4.78 is 42.9. The Morgan fingerprint density at radius 1 is 1.05 bits per heavy atom. The highest BCUT2D eigenvalue weighted by Gasteiger charge is 2.58. The standard InChI is InChI=1S/C43H46ClN3O13/c1-19-39(52)46-33-25(15-22(54-6)16-30(33)56-19)40(53)57-31-18-55-32(49)17-28(45)21-13-27(44)36(29(48)14-21)58-38-23-10-9-20(31)12-24(23)26-8-7-11-43(26,38)60-41-35(51)34(50)37(47(4)5)42(2,3)59-41/h7-16,19,28,31,34-35,37-38,41,48,50-51H,17-18,45H2,1-6H3,(H,46,52). The molecule has 2 aliphatic carbocycles. The number of halogens is 1. The summed E-state index contributed by atoms with van der Waals surface area (Å²) in [5.74, 6) is -2.09. The van der Waals surface area contributed by atoms with Gasteiger partial charge in [-0.15, -0.1) is 0 Å². The number of amides is 1. The van der Waals surface area contributed by atoms with Gasteiger partial charge in [0, 0.05) is 17.7 Å². The van der Waals surface area contributed by atoms with E-state index in [-0.39, 0.29) is 45.7 Å². The van der Waals surface area contributed by atoms with E-state index in [1.165, 1.54) is 31.4 Å². The Bertz CT molecular complexity index is 2310. The van der Waals surface area contributed by atoms with Crippen LogP contribution >= 0.6 is 11.6 Å². The number of phenolic OH excluding ortho intramolecular Hbond substituents is 1. The molecule has 0 spiro atoms. The molecule has 6 bridgehead atoms. The number of hydrogen-bond acceptors (Lipinski definition) is 15. The highest BCUT2D eigenvalue weighted by molar-refractivity contribution is 6.32. The third-order valence-corrected chi connectivity index (χ3v) is 11.9. The van der Waals surface area contributed by atoms with E-state index in [4.69, 9.17) is 50.5 Å². The maximum atomic E-state index is 14.2. The van der Waals surface area contributed by atoms with Crippen molar-refractivity contribution in [3.8, 4) is 23.0 Å². The second-order valence-electron chi connectivity index (χ2n) is 16.2. The zero-order chi connectivity index (χ0) is 43.0. The van der Waals surface area contributed by atoms with Crippen molar-refractivity contribution in [2.24, 2.45) is 5.73 Å². The number of fused-ring (bicyclic) bond motifs is 2. The van der Waals surface area contributed by atoms with Crippen LogP contribution in [0.25, 0.3) is 5.57 Å². The average Bonchev–Trinajstić information content (AvgIpc) is 3.70. The molecular formula is C43H46ClN3O13. The van der Waals surface area contributed by atoms with Crippen LogP contribution < -0.4 is 25.3 Å². The molecule has 9 unspecified atom stereocenters. The van der Waals surface area contributed by atoms with Gasteiger partial charge in [0.25, 0.3) is 5.91 Å². The molecule has 6 heterocycles. The van der Waals surface area contributed by atoms with Crippen LogP contribution in [0.3, 0.4) is 0 Å². The Kier molecular flexibility index (Phi) is 10.6. The van der Waals surface area contributed by atoms with Crippen molar-refractivity contribution in [1.29, 1.82) is 0 Å². The van der Waals surface area contributed by atoms with E-state index in [2.05, 4.69) is 5.32 Å². The molecular weight excluding hydrogens is 802 g/mol. The van der Waals surface area contributed by atoms with Crippen LogP contribution in [0.15, 0.2) is 60.7 Å². The van der Waals surface area contributed by atoms with E-state index in [1.807, 2.05) is 0 Å². The van der Waals surface area contributed by atoms with Gasteiger partial charge < -0.3 is 64.4 Å². The zero-order valence-corrected chi connectivity index (χ0v) is 34.4. The molecule has 9 atom stereocenters. The fourth-order valence-electron chi connectivity index (χ4n) is 8.75. The lowest BCUT2D eigenvalue weighted by molar-refractivity contribution is -0.329. The summed E-state index contributed by atoms with van der Waals surface area (Å²) in [6.45, 7) is 4.70. The second kappa shape index (κ2) is 15.4. The van der Waals surface area contributed by atoms with Crippen molar-refractivity contribution >= 4 is 40.7 Å². The minimum absolute atomic E-state index is 0.00396. The minimum atomic E-state index is -1.54. The number of aromatic hydroxyl groups is 1. The summed E-state index contributed by atoms with van der Waals surface area (Å²) >= 11 is 6.77. The van der Waals surface area contributed by atoms with E-state index in [0.717, 1.165) is 0 Å². The lowest BCUT2D eigenvalue weighted by Crippen LogP contribution is -2.67. The Morgan fingerprint density at radius 3 is 2.53 bits per heavy atom. The monoisotopic (exact) mass is 847 g/mol. The van der Waals surface area contributed by atoms with Gasteiger partial charge in [-0.3, -0.25) is 9.59 Å². The summed E-state index contributed by atoms with van der Waals surface area (Å²) in [5.41, 5.74) is 6.23. The van der Waals surface area contributed by atoms with Crippen molar-refractivity contribution in [2.45, 2.75) is 87.3 Å². The molecule has 1 amide bonds. The lowest BCUT2D eigenvalue weighted by atomic mass is 9.86. The van der Waals surface area contributed by atoms with Gasteiger partial charge in [-0.1, -0.05) is 35.9 Å². The van der Waals surface area contributed by atoms with Crippen molar-refractivity contribution in [3.05, 3.63) is 93.5 Å². The summed E-state index contributed by atoms with van der Waals surface area (Å²) in [7, 11) is 4.97. The molecule has 60 heavy (non-hydrogen) atoms. The van der Waals surface area contributed by atoms with Gasteiger partial charge in [-0.25, -0.2) is 4.79 Å². The summed E-state index contributed by atoms with van der Waals surface area (Å²) in [5, 5.41) is 37.0. The molecule has 6 N–H and O–H groups in total. The van der Waals surface area contributed by atoms with Gasteiger partial charge >= 0.3 is 11.9 Å². The number of hydrogen-bond donors (Lipinski definition) is 5. The highest BCUT2D eigenvalue weighted by atomic mass is 35.5. The van der Waals surface area contributed by atoms with Crippen molar-refractivity contribution < 1.29 is 62.9 Å². The highest BCUT2D eigenvalue weighted by Crippen LogP contribution is 2.58. The molecule has 3 aromatic rings. The number of nitrogens with two attached hydrogens (primary N) is 1. The predicted octanol–water partition coefficient (Wildman–Crippen LogP) is 4.25. The van der Waals surface area contributed by atoms with E-state index < -0.39 is 84.5 Å².